The van der Waals surface area contributed by atoms with Crippen LogP contribution in [0.3, 0.4) is 0 Å². The highest BCUT2D eigenvalue weighted by molar-refractivity contribution is 5.77. The largest absolute Gasteiger partial charge is 0.382 e. The molecular formula is C17H12FN7. The van der Waals surface area contributed by atoms with Crippen molar-refractivity contribution in [3.05, 3.63) is 53.8 Å². The van der Waals surface area contributed by atoms with Gasteiger partial charge in [0.05, 0.1) is 16.9 Å². The van der Waals surface area contributed by atoms with E-state index in [9.17, 15) is 4.39 Å². The fourth-order valence-electron chi connectivity index (χ4n) is 2.71. The van der Waals surface area contributed by atoms with E-state index in [0.29, 0.717) is 22.6 Å². The zero-order valence-electron chi connectivity index (χ0n) is 13.2. The normalized spacial score (nSPS) is 10.9. The fourth-order valence-corrected chi connectivity index (χ4v) is 2.71. The minimum Gasteiger partial charge on any atom is -0.382 e. The number of fused-ring (bicyclic) bond motifs is 1. The third-order valence-corrected chi connectivity index (χ3v) is 3.82. The molecular weight excluding hydrogens is 321 g/mol. The summed E-state index contributed by atoms with van der Waals surface area (Å²) in [5.41, 5.74) is 9.23. The summed E-state index contributed by atoms with van der Waals surface area (Å²) in [5, 5.41) is 21.7. The van der Waals surface area contributed by atoms with Gasteiger partial charge in [-0.15, -0.1) is 0 Å². The van der Waals surface area contributed by atoms with Gasteiger partial charge in [0.15, 0.2) is 0 Å². The summed E-state index contributed by atoms with van der Waals surface area (Å²) in [4.78, 5) is 1.49. The SMILES string of the molecule is Cn1nc2ccc(-n3nc(N)cc3-c3ccc(C#N)c(F)c3)cc2n1. The second kappa shape index (κ2) is 5.42. The maximum Gasteiger partial charge on any atom is 0.146 e. The van der Waals surface area contributed by atoms with Crippen LogP contribution in [0.1, 0.15) is 5.56 Å². The molecule has 7 nitrogen and oxygen atoms in total. The summed E-state index contributed by atoms with van der Waals surface area (Å²) >= 11 is 0. The van der Waals surface area contributed by atoms with Crippen LogP contribution in [0, 0.1) is 17.1 Å². The van der Waals surface area contributed by atoms with Gasteiger partial charge in [-0.2, -0.15) is 25.4 Å². The van der Waals surface area contributed by atoms with Crippen LogP contribution >= 0.6 is 0 Å². The Morgan fingerprint density at radius 2 is 1.84 bits per heavy atom. The topological polar surface area (TPSA) is 98.3 Å². The standard InChI is InChI=1S/C17H12FN7/c1-24-21-14-5-4-12(7-15(14)22-24)25-16(8-17(20)23-25)10-2-3-11(9-19)13(18)6-10/h2-8H,1H3,(H2,20,23). The Balaban J connectivity index is 1.88. The van der Waals surface area contributed by atoms with E-state index in [2.05, 4.69) is 15.3 Å². The van der Waals surface area contributed by atoms with E-state index < -0.39 is 5.82 Å². The lowest BCUT2D eigenvalue weighted by Crippen LogP contribution is -2.00. The van der Waals surface area contributed by atoms with E-state index in [-0.39, 0.29) is 5.56 Å². The van der Waals surface area contributed by atoms with Gasteiger partial charge in [0, 0.05) is 18.7 Å². The highest BCUT2D eigenvalue weighted by Gasteiger charge is 2.14. The van der Waals surface area contributed by atoms with Crippen LogP contribution in [0.2, 0.25) is 0 Å². The number of nitrogens with zero attached hydrogens (tertiary/aromatic N) is 6. The molecule has 0 aliphatic rings. The smallest absolute Gasteiger partial charge is 0.146 e. The highest BCUT2D eigenvalue weighted by Crippen LogP contribution is 2.27. The number of hydrogen-bond donors (Lipinski definition) is 1. The number of halogens is 1. The number of nitrogens with two attached hydrogens (primary N) is 1. The molecule has 0 fully saturated rings. The maximum atomic E-state index is 14.0. The van der Waals surface area contributed by atoms with E-state index in [1.54, 1.807) is 23.9 Å². The van der Waals surface area contributed by atoms with Crippen molar-refractivity contribution >= 4 is 16.9 Å². The van der Waals surface area contributed by atoms with Crippen LogP contribution in [0.4, 0.5) is 10.2 Å². The van der Waals surface area contributed by atoms with Crippen LogP contribution in [0.15, 0.2) is 42.5 Å². The molecule has 25 heavy (non-hydrogen) atoms. The molecule has 0 unspecified atom stereocenters. The Labute approximate surface area is 141 Å². The molecule has 0 amide bonds. The van der Waals surface area contributed by atoms with Crippen molar-refractivity contribution in [2.75, 3.05) is 5.73 Å². The Hall–Kier alpha value is -3.73. The molecule has 0 atom stereocenters. The van der Waals surface area contributed by atoms with Crippen LogP contribution in [0.25, 0.3) is 28.0 Å². The van der Waals surface area contributed by atoms with Gasteiger partial charge in [-0.05, 0) is 30.3 Å². The van der Waals surface area contributed by atoms with Gasteiger partial charge in [0.25, 0.3) is 0 Å². The maximum absolute atomic E-state index is 14.0. The van der Waals surface area contributed by atoms with Gasteiger partial charge in [-0.1, -0.05) is 6.07 Å². The lowest BCUT2D eigenvalue weighted by atomic mass is 10.1. The van der Waals surface area contributed by atoms with E-state index in [1.165, 1.54) is 16.9 Å². The molecule has 2 aromatic heterocycles. The van der Waals surface area contributed by atoms with Gasteiger partial charge in [0.1, 0.15) is 28.7 Å². The van der Waals surface area contributed by atoms with Gasteiger partial charge in [0.2, 0.25) is 0 Å². The first-order chi connectivity index (χ1) is 12.0. The molecule has 4 aromatic rings. The minimum atomic E-state index is -0.587. The molecule has 2 aromatic carbocycles. The zero-order valence-corrected chi connectivity index (χ0v) is 13.2. The average Bonchev–Trinajstić information content (AvgIpc) is 3.15. The molecule has 122 valence electrons. The quantitative estimate of drug-likeness (QED) is 0.607. The predicted octanol–water partition coefficient (Wildman–Crippen LogP) is 2.41. The van der Waals surface area contributed by atoms with Crippen LogP contribution < -0.4 is 5.73 Å². The van der Waals surface area contributed by atoms with Crippen LogP contribution in [-0.4, -0.2) is 24.8 Å². The molecule has 0 aliphatic carbocycles. The number of nitriles is 1. The lowest BCUT2D eigenvalue weighted by molar-refractivity contribution is 0.624. The first kappa shape index (κ1) is 14.8. The number of hydrogen-bond acceptors (Lipinski definition) is 5. The third-order valence-electron chi connectivity index (χ3n) is 3.82. The number of anilines is 1. The van der Waals surface area contributed by atoms with E-state index in [4.69, 9.17) is 11.0 Å². The summed E-state index contributed by atoms with van der Waals surface area (Å²) in [5.74, 6) is -0.283. The van der Waals surface area contributed by atoms with Gasteiger partial charge in [-0.25, -0.2) is 9.07 Å². The summed E-state index contributed by atoms with van der Waals surface area (Å²) in [6.45, 7) is 0. The van der Waals surface area contributed by atoms with Gasteiger partial charge < -0.3 is 5.73 Å². The van der Waals surface area contributed by atoms with Crippen LogP contribution in [-0.2, 0) is 7.05 Å². The van der Waals surface area contributed by atoms with Crippen molar-refractivity contribution in [2.24, 2.45) is 7.05 Å². The molecule has 0 aliphatic heterocycles. The Kier molecular flexibility index (Phi) is 3.22. The molecule has 0 radical (unpaired) electrons. The Morgan fingerprint density at radius 3 is 2.60 bits per heavy atom. The third kappa shape index (κ3) is 2.48. The molecule has 2 heterocycles. The second-order valence-electron chi connectivity index (χ2n) is 5.54. The second-order valence-corrected chi connectivity index (χ2v) is 5.54. The first-order valence-electron chi connectivity index (χ1n) is 7.42. The molecule has 8 heteroatoms. The number of aryl methyl sites for hydroxylation is 1. The number of benzene rings is 2. The van der Waals surface area contributed by atoms with E-state index in [0.717, 1.165) is 11.2 Å². The Bertz CT molecular complexity index is 1150. The summed E-state index contributed by atoms with van der Waals surface area (Å²) in [6.07, 6.45) is 0. The van der Waals surface area contributed by atoms with Gasteiger partial charge in [-0.3, -0.25) is 0 Å². The van der Waals surface area contributed by atoms with Crippen molar-refractivity contribution in [3.63, 3.8) is 0 Å². The van der Waals surface area contributed by atoms with Gasteiger partial charge >= 0.3 is 0 Å². The first-order valence-corrected chi connectivity index (χ1v) is 7.42. The molecule has 0 saturated carbocycles. The lowest BCUT2D eigenvalue weighted by Gasteiger charge is -2.08. The predicted molar refractivity (Wildman–Crippen MR) is 90.2 cm³/mol. The zero-order chi connectivity index (χ0) is 17.6. The highest BCUT2D eigenvalue weighted by atomic mass is 19.1. The molecule has 0 bridgehead atoms. The summed E-state index contributed by atoms with van der Waals surface area (Å²) in [6, 6.07) is 13.4. The van der Waals surface area contributed by atoms with Crippen molar-refractivity contribution in [2.45, 2.75) is 0 Å². The average molecular weight is 333 g/mol. The molecule has 4 rings (SSSR count). The summed E-state index contributed by atoms with van der Waals surface area (Å²) < 4.78 is 15.6. The minimum absolute atomic E-state index is 0.0104. The van der Waals surface area contributed by atoms with Crippen molar-refractivity contribution in [1.29, 1.82) is 5.26 Å². The number of nitrogen functional groups attached to an aromatic ring is 1. The van der Waals surface area contributed by atoms with Crippen molar-refractivity contribution < 1.29 is 4.39 Å². The molecule has 2 N–H and O–H groups in total. The van der Waals surface area contributed by atoms with Crippen LogP contribution in [0.5, 0.6) is 0 Å². The molecule has 0 spiro atoms. The molecule has 0 saturated heterocycles. The van der Waals surface area contributed by atoms with Crippen molar-refractivity contribution in [1.82, 2.24) is 24.8 Å². The fraction of sp³-hybridized carbons (Fsp3) is 0.0588. The van der Waals surface area contributed by atoms with Crippen molar-refractivity contribution in [3.8, 4) is 23.0 Å². The monoisotopic (exact) mass is 333 g/mol. The summed E-state index contributed by atoms with van der Waals surface area (Å²) in [7, 11) is 1.75. The van der Waals surface area contributed by atoms with E-state index >= 15 is 0 Å². The number of aromatic nitrogens is 5. The Morgan fingerprint density at radius 1 is 1.04 bits per heavy atom. The number of rotatable bonds is 2. The van der Waals surface area contributed by atoms with E-state index in [1.807, 2.05) is 24.3 Å².